The van der Waals surface area contributed by atoms with E-state index >= 15 is 0 Å². The van der Waals surface area contributed by atoms with Gasteiger partial charge in [0.1, 0.15) is 5.75 Å². The van der Waals surface area contributed by atoms with Gasteiger partial charge in [0, 0.05) is 0 Å². The zero-order valence-corrected chi connectivity index (χ0v) is 18.4. The number of carbonyl (C=O) groups excluding carboxylic acids is 1. The van der Waals surface area contributed by atoms with Gasteiger partial charge < -0.3 is 14.2 Å². The summed E-state index contributed by atoms with van der Waals surface area (Å²) in [5.41, 5.74) is 5.46. The van der Waals surface area contributed by atoms with E-state index in [9.17, 15) is 4.79 Å². The highest BCUT2D eigenvalue weighted by Crippen LogP contribution is 2.27. The predicted molar refractivity (Wildman–Crippen MR) is 127 cm³/mol. The van der Waals surface area contributed by atoms with Crippen LogP contribution < -0.4 is 19.6 Å². The molecule has 0 fully saturated rings. The maximum Gasteiger partial charge on any atom is 0.277 e. The highest BCUT2D eigenvalue weighted by atomic mass is 16.5. The van der Waals surface area contributed by atoms with Gasteiger partial charge in [0.05, 0.1) is 19.9 Å². The SMILES string of the molecule is CCCCOc1ccc(/C=N/NC(=O)COc2ccc(-c3ccccc3)cc2)cc1OC. The molecule has 0 atom stereocenters. The molecule has 3 aromatic carbocycles. The number of benzene rings is 3. The number of hydrogen-bond acceptors (Lipinski definition) is 5. The minimum absolute atomic E-state index is 0.129. The molecule has 1 N–H and O–H groups in total. The molecule has 0 saturated heterocycles. The van der Waals surface area contributed by atoms with Crippen LogP contribution in [-0.4, -0.2) is 32.4 Å². The molecule has 0 aliphatic rings. The fourth-order valence-electron chi connectivity index (χ4n) is 2.94. The molecule has 0 aliphatic carbocycles. The van der Waals surface area contributed by atoms with Crippen molar-refractivity contribution in [2.75, 3.05) is 20.3 Å². The van der Waals surface area contributed by atoms with E-state index in [0.717, 1.165) is 29.5 Å². The molecule has 0 bridgehead atoms. The minimum atomic E-state index is -0.347. The maximum absolute atomic E-state index is 12.0. The normalized spacial score (nSPS) is 10.7. The molecule has 0 saturated carbocycles. The van der Waals surface area contributed by atoms with E-state index < -0.39 is 0 Å². The summed E-state index contributed by atoms with van der Waals surface area (Å²) in [5.74, 6) is 1.58. The second-order valence-corrected chi connectivity index (χ2v) is 7.08. The molecular formula is C26H28N2O4. The predicted octanol–water partition coefficient (Wildman–Crippen LogP) is 5.07. The molecular weight excluding hydrogens is 404 g/mol. The summed E-state index contributed by atoms with van der Waals surface area (Å²) in [6.45, 7) is 2.63. The summed E-state index contributed by atoms with van der Waals surface area (Å²) in [6.07, 6.45) is 3.60. The van der Waals surface area contributed by atoms with E-state index in [2.05, 4.69) is 17.5 Å². The van der Waals surface area contributed by atoms with Crippen LogP contribution in [0.15, 0.2) is 77.9 Å². The quantitative estimate of drug-likeness (QED) is 0.261. The first-order chi connectivity index (χ1) is 15.7. The van der Waals surface area contributed by atoms with E-state index in [1.165, 1.54) is 0 Å². The van der Waals surface area contributed by atoms with Gasteiger partial charge in [-0.15, -0.1) is 0 Å². The molecule has 0 spiro atoms. The smallest absolute Gasteiger partial charge is 0.277 e. The van der Waals surface area contributed by atoms with Crippen LogP contribution in [0.25, 0.3) is 11.1 Å². The van der Waals surface area contributed by atoms with Crippen molar-refractivity contribution in [2.45, 2.75) is 19.8 Å². The van der Waals surface area contributed by atoms with Crippen molar-refractivity contribution in [2.24, 2.45) is 5.10 Å². The Bertz CT molecular complexity index is 1020. The fourth-order valence-corrected chi connectivity index (χ4v) is 2.94. The first kappa shape index (κ1) is 22.9. The Morgan fingerprint density at radius 1 is 0.938 bits per heavy atom. The zero-order chi connectivity index (χ0) is 22.6. The minimum Gasteiger partial charge on any atom is -0.493 e. The van der Waals surface area contributed by atoms with Crippen molar-refractivity contribution >= 4 is 12.1 Å². The lowest BCUT2D eigenvalue weighted by Gasteiger charge is -2.10. The number of hydrogen-bond donors (Lipinski definition) is 1. The number of carbonyl (C=O) groups is 1. The number of amides is 1. The molecule has 166 valence electrons. The van der Waals surface area contributed by atoms with E-state index in [0.29, 0.717) is 23.9 Å². The monoisotopic (exact) mass is 432 g/mol. The van der Waals surface area contributed by atoms with Crippen LogP contribution in [0.4, 0.5) is 0 Å². The number of methoxy groups -OCH3 is 1. The number of nitrogens with one attached hydrogen (secondary N) is 1. The van der Waals surface area contributed by atoms with E-state index in [1.807, 2.05) is 72.8 Å². The van der Waals surface area contributed by atoms with Gasteiger partial charge >= 0.3 is 0 Å². The Labute approximate surface area is 188 Å². The van der Waals surface area contributed by atoms with Crippen LogP contribution in [0, 0.1) is 0 Å². The molecule has 0 radical (unpaired) electrons. The van der Waals surface area contributed by atoms with Crippen molar-refractivity contribution in [3.8, 4) is 28.4 Å². The molecule has 32 heavy (non-hydrogen) atoms. The van der Waals surface area contributed by atoms with Crippen LogP contribution in [-0.2, 0) is 4.79 Å². The van der Waals surface area contributed by atoms with Gasteiger partial charge in [-0.1, -0.05) is 55.8 Å². The Hall–Kier alpha value is -3.80. The van der Waals surface area contributed by atoms with Gasteiger partial charge in [0.2, 0.25) is 0 Å². The van der Waals surface area contributed by atoms with Gasteiger partial charge in [-0.3, -0.25) is 4.79 Å². The summed E-state index contributed by atoms with van der Waals surface area (Å²) < 4.78 is 16.6. The highest BCUT2D eigenvalue weighted by molar-refractivity contribution is 5.83. The van der Waals surface area contributed by atoms with Crippen LogP contribution >= 0.6 is 0 Å². The molecule has 6 nitrogen and oxygen atoms in total. The number of hydrazone groups is 1. The zero-order valence-electron chi connectivity index (χ0n) is 18.4. The lowest BCUT2D eigenvalue weighted by Crippen LogP contribution is -2.24. The molecule has 3 aromatic rings. The van der Waals surface area contributed by atoms with E-state index in [1.54, 1.807) is 13.3 Å². The first-order valence-electron chi connectivity index (χ1n) is 10.6. The van der Waals surface area contributed by atoms with Gasteiger partial charge in [-0.05, 0) is 53.4 Å². The average molecular weight is 433 g/mol. The second-order valence-electron chi connectivity index (χ2n) is 7.08. The van der Waals surface area contributed by atoms with Crippen LogP contribution in [0.1, 0.15) is 25.3 Å². The van der Waals surface area contributed by atoms with Crippen molar-refractivity contribution < 1.29 is 19.0 Å². The average Bonchev–Trinajstić information content (AvgIpc) is 2.84. The number of ether oxygens (including phenoxy) is 3. The van der Waals surface area contributed by atoms with Gasteiger partial charge in [-0.25, -0.2) is 5.43 Å². The van der Waals surface area contributed by atoms with Crippen LogP contribution in [0.3, 0.4) is 0 Å². The number of rotatable bonds is 11. The number of nitrogens with zero attached hydrogens (tertiary/aromatic N) is 1. The topological polar surface area (TPSA) is 69.2 Å². The molecule has 3 rings (SSSR count). The van der Waals surface area contributed by atoms with Gasteiger partial charge in [0.15, 0.2) is 18.1 Å². The summed E-state index contributed by atoms with van der Waals surface area (Å²) in [5, 5.41) is 3.99. The Morgan fingerprint density at radius 2 is 1.69 bits per heavy atom. The van der Waals surface area contributed by atoms with Crippen molar-refractivity contribution in [3.63, 3.8) is 0 Å². The first-order valence-corrected chi connectivity index (χ1v) is 10.6. The summed E-state index contributed by atoms with van der Waals surface area (Å²) in [7, 11) is 1.59. The van der Waals surface area contributed by atoms with E-state index in [-0.39, 0.29) is 12.5 Å². The largest absolute Gasteiger partial charge is 0.493 e. The van der Waals surface area contributed by atoms with Crippen molar-refractivity contribution in [1.82, 2.24) is 5.43 Å². The Kier molecular flexibility index (Phi) is 8.69. The standard InChI is InChI=1S/C26H28N2O4/c1-3-4-16-31-24-15-10-20(17-25(24)30-2)18-27-28-26(29)19-32-23-13-11-22(12-14-23)21-8-6-5-7-9-21/h5-15,17-18H,3-4,16,19H2,1-2H3,(H,28,29)/b27-18+. The summed E-state index contributed by atoms with van der Waals surface area (Å²) in [4.78, 5) is 12.0. The van der Waals surface area contributed by atoms with Crippen molar-refractivity contribution in [1.29, 1.82) is 0 Å². The summed E-state index contributed by atoms with van der Waals surface area (Å²) >= 11 is 0. The molecule has 0 unspecified atom stereocenters. The van der Waals surface area contributed by atoms with Gasteiger partial charge in [-0.2, -0.15) is 5.10 Å². The molecule has 0 aromatic heterocycles. The van der Waals surface area contributed by atoms with Crippen LogP contribution in [0.5, 0.6) is 17.2 Å². The molecule has 1 amide bonds. The molecule has 6 heteroatoms. The van der Waals surface area contributed by atoms with Gasteiger partial charge in [0.25, 0.3) is 5.91 Å². The number of unbranched alkanes of at least 4 members (excludes halogenated alkanes) is 1. The Morgan fingerprint density at radius 3 is 2.41 bits per heavy atom. The third-order valence-electron chi connectivity index (χ3n) is 4.68. The highest BCUT2D eigenvalue weighted by Gasteiger charge is 2.06. The van der Waals surface area contributed by atoms with Crippen LogP contribution in [0.2, 0.25) is 0 Å². The van der Waals surface area contributed by atoms with Crippen molar-refractivity contribution in [3.05, 3.63) is 78.4 Å². The third kappa shape index (κ3) is 6.87. The molecule has 0 aliphatic heterocycles. The summed E-state index contributed by atoms with van der Waals surface area (Å²) in [6, 6.07) is 23.2. The van der Waals surface area contributed by atoms with E-state index in [4.69, 9.17) is 14.2 Å². The third-order valence-corrected chi connectivity index (χ3v) is 4.68. The molecule has 0 heterocycles. The lowest BCUT2D eigenvalue weighted by molar-refractivity contribution is -0.123. The fraction of sp³-hybridized carbons (Fsp3) is 0.231. The maximum atomic E-state index is 12.0. The Balaban J connectivity index is 1.47. The second kappa shape index (κ2) is 12.2. The lowest BCUT2D eigenvalue weighted by atomic mass is 10.1.